The maximum absolute atomic E-state index is 13.0. The first-order valence-corrected chi connectivity index (χ1v) is 9.33. The maximum Gasteiger partial charge on any atom is 0.419 e. The van der Waals surface area contributed by atoms with Gasteiger partial charge in [-0.2, -0.15) is 0 Å². The number of fused-ring (bicyclic) bond motifs is 1. The van der Waals surface area contributed by atoms with Crippen LogP contribution in [0.4, 0.5) is 13.6 Å². The number of benzene rings is 2. The van der Waals surface area contributed by atoms with E-state index in [-0.39, 0.29) is 24.5 Å². The van der Waals surface area contributed by atoms with Gasteiger partial charge in [-0.1, -0.05) is 49.7 Å². The number of hydrogen-bond acceptors (Lipinski definition) is 4. The monoisotopic (exact) mass is 401 g/mol. The fraction of sp³-hybridized carbons (Fsp3) is 0.273. The van der Waals surface area contributed by atoms with Gasteiger partial charge in [0.15, 0.2) is 0 Å². The molecule has 0 saturated carbocycles. The summed E-state index contributed by atoms with van der Waals surface area (Å²) in [7, 11) is 0. The number of rotatable bonds is 7. The average Bonchev–Trinajstić information content (AvgIpc) is 3.11. The van der Waals surface area contributed by atoms with Crippen LogP contribution in [0, 0.1) is 0 Å². The Morgan fingerprint density at radius 3 is 2.48 bits per heavy atom. The first-order chi connectivity index (χ1) is 14.0. The van der Waals surface area contributed by atoms with Gasteiger partial charge in [-0.3, -0.25) is 0 Å². The number of unbranched alkanes of at least 4 members (excludes halogenated alkanes) is 1. The van der Waals surface area contributed by atoms with Crippen LogP contribution in [-0.4, -0.2) is 23.2 Å². The third kappa shape index (κ3) is 4.80. The van der Waals surface area contributed by atoms with Gasteiger partial charge in [0.1, 0.15) is 12.3 Å². The van der Waals surface area contributed by atoms with E-state index in [0.29, 0.717) is 17.3 Å². The van der Waals surface area contributed by atoms with Crippen LogP contribution in [0.2, 0.25) is 0 Å². The SMILES string of the molecule is CCCCOC(=O)c1cc2cc(C(F)F)ccc2n1C(=O)OCc1ccccc1. The van der Waals surface area contributed by atoms with Crippen molar-refractivity contribution < 1.29 is 27.8 Å². The van der Waals surface area contributed by atoms with Crippen molar-refractivity contribution in [3.05, 3.63) is 71.4 Å². The fourth-order valence-electron chi connectivity index (χ4n) is 2.88. The first kappa shape index (κ1) is 20.5. The Morgan fingerprint density at radius 2 is 1.79 bits per heavy atom. The predicted octanol–water partition coefficient (Wildman–Crippen LogP) is 5.72. The summed E-state index contributed by atoms with van der Waals surface area (Å²) in [5, 5.41) is 0.335. The van der Waals surface area contributed by atoms with Gasteiger partial charge in [0.2, 0.25) is 0 Å². The summed E-state index contributed by atoms with van der Waals surface area (Å²) in [6, 6.07) is 14.3. The normalized spacial score (nSPS) is 11.0. The van der Waals surface area contributed by atoms with Crippen molar-refractivity contribution in [1.29, 1.82) is 0 Å². The second-order valence-corrected chi connectivity index (χ2v) is 6.51. The van der Waals surface area contributed by atoms with Gasteiger partial charge >= 0.3 is 12.1 Å². The average molecular weight is 401 g/mol. The minimum absolute atomic E-state index is 0.0127. The molecule has 5 nitrogen and oxygen atoms in total. The summed E-state index contributed by atoms with van der Waals surface area (Å²) in [5.41, 5.74) is 0.832. The van der Waals surface area contributed by atoms with Gasteiger partial charge in [-0.05, 0) is 30.2 Å². The van der Waals surface area contributed by atoms with Crippen LogP contribution in [0.25, 0.3) is 10.9 Å². The molecule has 3 aromatic rings. The van der Waals surface area contributed by atoms with E-state index in [1.54, 1.807) is 12.1 Å². The topological polar surface area (TPSA) is 57.5 Å². The highest BCUT2D eigenvalue weighted by Crippen LogP contribution is 2.27. The highest BCUT2D eigenvalue weighted by atomic mass is 19.3. The summed E-state index contributed by atoms with van der Waals surface area (Å²) in [5.74, 6) is -0.704. The van der Waals surface area contributed by atoms with Crippen LogP contribution in [0.15, 0.2) is 54.6 Å². The Labute approximate surface area is 166 Å². The molecule has 7 heteroatoms. The molecular formula is C22H21F2NO4. The molecule has 0 amide bonds. The minimum atomic E-state index is -2.66. The smallest absolute Gasteiger partial charge is 0.419 e. The molecular weight excluding hydrogens is 380 g/mol. The second-order valence-electron chi connectivity index (χ2n) is 6.51. The van der Waals surface area contributed by atoms with Crippen molar-refractivity contribution in [2.45, 2.75) is 32.8 Å². The summed E-state index contributed by atoms with van der Waals surface area (Å²) < 4.78 is 37.7. The summed E-state index contributed by atoms with van der Waals surface area (Å²) in [6.45, 7) is 2.18. The largest absolute Gasteiger partial charge is 0.461 e. The molecule has 0 aliphatic heterocycles. The lowest BCUT2D eigenvalue weighted by Crippen LogP contribution is -2.20. The lowest BCUT2D eigenvalue weighted by molar-refractivity contribution is 0.0485. The standard InChI is InChI=1S/C22H21F2NO4/c1-2-3-11-28-21(26)19-13-17-12-16(20(23)24)9-10-18(17)25(19)22(27)29-14-15-7-5-4-6-8-15/h4-10,12-13,20H,2-3,11,14H2,1H3. The highest BCUT2D eigenvalue weighted by molar-refractivity contribution is 6.01. The van der Waals surface area contributed by atoms with Crippen molar-refractivity contribution in [1.82, 2.24) is 4.57 Å². The van der Waals surface area contributed by atoms with Gasteiger partial charge < -0.3 is 9.47 Å². The zero-order valence-electron chi connectivity index (χ0n) is 15.9. The number of esters is 1. The van der Waals surface area contributed by atoms with Crippen molar-refractivity contribution in [3.8, 4) is 0 Å². The molecule has 0 bridgehead atoms. The molecule has 0 N–H and O–H groups in total. The molecule has 3 rings (SSSR count). The predicted molar refractivity (Wildman–Crippen MR) is 104 cm³/mol. The van der Waals surface area contributed by atoms with Crippen LogP contribution in [0.3, 0.4) is 0 Å². The van der Waals surface area contributed by atoms with E-state index < -0.39 is 18.5 Å². The van der Waals surface area contributed by atoms with E-state index >= 15 is 0 Å². The van der Waals surface area contributed by atoms with E-state index in [1.165, 1.54) is 24.3 Å². The van der Waals surface area contributed by atoms with Crippen LogP contribution in [0.5, 0.6) is 0 Å². The lowest BCUT2D eigenvalue weighted by Gasteiger charge is -2.10. The molecule has 2 aromatic carbocycles. The minimum Gasteiger partial charge on any atom is -0.461 e. The van der Waals surface area contributed by atoms with Crippen molar-refractivity contribution in [2.75, 3.05) is 6.61 Å². The number of carbonyl (C=O) groups excluding carboxylic acids is 2. The molecule has 0 atom stereocenters. The maximum atomic E-state index is 13.0. The molecule has 152 valence electrons. The fourth-order valence-corrected chi connectivity index (χ4v) is 2.88. The van der Waals surface area contributed by atoms with Gasteiger partial charge in [0.25, 0.3) is 6.43 Å². The molecule has 0 unspecified atom stereocenters. The van der Waals surface area contributed by atoms with Gasteiger partial charge in [-0.15, -0.1) is 0 Å². The van der Waals surface area contributed by atoms with Crippen molar-refractivity contribution in [2.24, 2.45) is 0 Å². The molecule has 0 saturated heterocycles. The lowest BCUT2D eigenvalue weighted by atomic mass is 10.1. The Bertz CT molecular complexity index is 999. The second kappa shape index (κ2) is 9.32. The third-order valence-electron chi connectivity index (χ3n) is 4.41. The quantitative estimate of drug-likeness (QED) is 0.375. The van der Waals surface area contributed by atoms with Crippen LogP contribution in [-0.2, 0) is 16.1 Å². The van der Waals surface area contributed by atoms with Crippen LogP contribution in [0.1, 0.15) is 47.8 Å². The van der Waals surface area contributed by atoms with Crippen LogP contribution < -0.4 is 0 Å². The summed E-state index contributed by atoms with van der Waals surface area (Å²) >= 11 is 0. The van der Waals surface area contributed by atoms with Crippen molar-refractivity contribution in [3.63, 3.8) is 0 Å². The van der Waals surface area contributed by atoms with E-state index in [9.17, 15) is 18.4 Å². The molecule has 29 heavy (non-hydrogen) atoms. The Morgan fingerprint density at radius 1 is 1.03 bits per heavy atom. The third-order valence-corrected chi connectivity index (χ3v) is 4.41. The molecule has 0 fully saturated rings. The number of carbonyl (C=O) groups is 2. The zero-order valence-corrected chi connectivity index (χ0v) is 15.9. The number of hydrogen-bond donors (Lipinski definition) is 0. The number of ether oxygens (including phenoxy) is 2. The number of aromatic nitrogens is 1. The zero-order chi connectivity index (χ0) is 20.8. The molecule has 0 aliphatic carbocycles. The number of nitrogens with zero attached hydrogens (tertiary/aromatic N) is 1. The molecule has 0 spiro atoms. The van der Waals surface area contributed by atoms with E-state index in [1.807, 2.05) is 25.1 Å². The molecule has 1 heterocycles. The first-order valence-electron chi connectivity index (χ1n) is 9.33. The van der Waals surface area contributed by atoms with Crippen molar-refractivity contribution >= 4 is 23.0 Å². The molecule has 0 aliphatic rings. The van der Waals surface area contributed by atoms with E-state index in [4.69, 9.17) is 9.47 Å². The Balaban J connectivity index is 1.93. The van der Waals surface area contributed by atoms with Gasteiger partial charge in [0, 0.05) is 10.9 Å². The number of halogens is 2. The highest BCUT2D eigenvalue weighted by Gasteiger charge is 2.23. The summed E-state index contributed by atoms with van der Waals surface area (Å²) in [6.07, 6.45) is -1.92. The van der Waals surface area contributed by atoms with Gasteiger partial charge in [0.05, 0.1) is 12.1 Å². The van der Waals surface area contributed by atoms with Crippen LogP contribution >= 0.6 is 0 Å². The Hall–Kier alpha value is -3.22. The van der Waals surface area contributed by atoms with Gasteiger partial charge in [-0.25, -0.2) is 22.9 Å². The van der Waals surface area contributed by atoms with E-state index in [2.05, 4.69) is 0 Å². The van der Waals surface area contributed by atoms with E-state index in [0.717, 1.165) is 16.6 Å². The molecule has 1 aromatic heterocycles. The number of alkyl halides is 2. The summed E-state index contributed by atoms with van der Waals surface area (Å²) in [4.78, 5) is 25.3. The molecule has 0 radical (unpaired) electrons. The Kier molecular flexibility index (Phi) is 6.59.